The predicted octanol–water partition coefficient (Wildman–Crippen LogP) is 3.06. The Labute approximate surface area is 138 Å². The smallest absolute Gasteiger partial charge is 0.251 e. The molecule has 0 aliphatic heterocycles. The van der Waals surface area contributed by atoms with Crippen LogP contribution in [0.25, 0.3) is 0 Å². The monoisotopic (exact) mass is 396 g/mol. The Bertz CT molecular complexity index is 658. The molecule has 1 rings (SSSR count). The highest BCUT2D eigenvalue weighted by molar-refractivity contribution is 9.10. The summed E-state index contributed by atoms with van der Waals surface area (Å²) < 4.78 is 23.2. The molecule has 8 heteroatoms. The summed E-state index contributed by atoms with van der Waals surface area (Å²) in [7, 11) is -3.98. The van der Waals surface area contributed by atoms with E-state index in [9.17, 15) is 13.2 Å². The molecule has 1 aromatic carbocycles. The van der Waals surface area contributed by atoms with Gasteiger partial charge in [0.2, 0.25) is 10.0 Å². The topological polar surface area (TPSA) is 89.3 Å². The molecule has 1 amide bonds. The maximum atomic E-state index is 12.3. The van der Waals surface area contributed by atoms with E-state index in [1.165, 1.54) is 12.1 Å². The first kappa shape index (κ1) is 18.4. The van der Waals surface area contributed by atoms with Gasteiger partial charge in [0.1, 0.15) is 0 Å². The Kier molecular flexibility index (Phi) is 5.83. The summed E-state index contributed by atoms with van der Waals surface area (Å²) in [5, 5.41) is 8.13. The van der Waals surface area contributed by atoms with Crippen LogP contribution in [0.3, 0.4) is 0 Å². The van der Waals surface area contributed by atoms with Gasteiger partial charge in [-0.2, -0.15) is 0 Å². The lowest BCUT2D eigenvalue weighted by molar-refractivity contribution is 0.0901. The Morgan fingerprint density at radius 2 is 1.90 bits per heavy atom. The van der Waals surface area contributed by atoms with Gasteiger partial charge in [-0.15, -0.1) is 0 Å². The van der Waals surface area contributed by atoms with Gasteiger partial charge >= 0.3 is 0 Å². The molecule has 0 atom stereocenters. The Morgan fingerprint density at radius 3 is 2.33 bits per heavy atom. The molecule has 0 aromatic heterocycles. The predicted molar refractivity (Wildman–Crippen MR) is 87.0 cm³/mol. The number of primary sulfonamides is 1. The number of amides is 1. The van der Waals surface area contributed by atoms with Crippen molar-refractivity contribution in [1.82, 2.24) is 5.32 Å². The quantitative estimate of drug-likeness (QED) is 0.800. The SMILES string of the molecule is CCC(C)(CC)NC(=O)c1cc(Cl)c(Br)c(S(N)(=O)=O)c1. The van der Waals surface area contributed by atoms with Crippen LogP contribution in [0.1, 0.15) is 44.0 Å². The highest BCUT2D eigenvalue weighted by Crippen LogP contribution is 2.31. The molecule has 0 saturated heterocycles. The average Bonchev–Trinajstić information content (AvgIpc) is 2.40. The van der Waals surface area contributed by atoms with Gasteiger partial charge in [0, 0.05) is 11.1 Å². The summed E-state index contributed by atoms with van der Waals surface area (Å²) in [5.41, 5.74) is -0.210. The second-order valence-corrected chi connectivity index (χ2v) is 7.77. The second kappa shape index (κ2) is 6.64. The summed E-state index contributed by atoms with van der Waals surface area (Å²) in [6, 6.07) is 2.62. The van der Waals surface area contributed by atoms with E-state index in [-0.39, 0.29) is 31.4 Å². The van der Waals surface area contributed by atoms with Crippen LogP contribution >= 0.6 is 27.5 Å². The van der Waals surface area contributed by atoms with Crippen LogP contribution in [0, 0.1) is 0 Å². The normalized spacial score (nSPS) is 12.3. The van der Waals surface area contributed by atoms with E-state index in [2.05, 4.69) is 21.2 Å². The van der Waals surface area contributed by atoms with Gasteiger partial charge < -0.3 is 5.32 Å². The standard InChI is InChI=1S/C13H18BrClN2O3S/c1-4-13(3,5-2)17-12(18)8-6-9(15)11(14)10(7-8)21(16,19)20/h6-7H,4-5H2,1-3H3,(H,17,18)(H2,16,19,20). The van der Waals surface area contributed by atoms with Crippen molar-refractivity contribution >= 4 is 43.5 Å². The molecule has 0 aliphatic rings. The number of nitrogens with one attached hydrogen (secondary N) is 1. The maximum absolute atomic E-state index is 12.3. The third-order valence-corrected chi connectivity index (χ3v) is 6.12. The van der Waals surface area contributed by atoms with Crippen LogP contribution in [-0.4, -0.2) is 19.9 Å². The molecular weight excluding hydrogens is 380 g/mol. The molecule has 5 nitrogen and oxygen atoms in total. The molecule has 3 N–H and O–H groups in total. The fourth-order valence-corrected chi connectivity index (χ4v) is 3.51. The first-order valence-corrected chi connectivity index (χ1v) is 9.10. The molecule has 0 heterocycles. The highest BCUT2D eigenvalue weighted by Gasteiger charge is 2.25. The maximum Gasteiger partial charge on any atom is 0.251 e. The van der Waals surface area contributed by atoms with Crippen molar-refractivity contribution < 1.29 is 13.2 Å². The number of carbonyl (C=O) groups is 1. The fraction of sp³-hybridized carbons (Fsp3) is 0.462. The molecule has 0 bridgehead atoms. The van der Waals surface area contributed by atoms with Gasteiger partial charge in [-0.3, -0.25) is 4.79 Å². The largest absolute Gasteiger partial charge is 0.347 e. The van der Waals surface area contributed by atoms with Gasteiger partial charge in [0.15, 0.2) is 0 Å². The van der Waals surface area contributed by atoms with Crippen molar-refractivity contribution in [3.8, 4) is 0 Å². The van der Waals surface area contributed by atoms with E-state index in [0.717, 1.165) is 12.8 Å². The molecule has 0 fully saturated rings. The van der Waals surface area contributed by atoms with Crippen molar-refractivity contribution in [1.29, 1.82) is 0 Å². The van der Waals surface area contributed by atoms with Gasteiger partial charge in [0.25, 0.3) is 5.91 Å². The van der Waals surface area contributed by atoms with Crippen molar-refractivity contribution in [2.75, 3.05) is 0 Å². The summed E-state index contributed by atoms with van der Waals surface area (Å²) in [6.07, 6.45) is 1.50. The number of sulfonamides is 1. The Balaban J connectivity index is 3.27. The molecular formula is C13H18BrClN2O3S. The molecule has 21 heavy (non-hydrogen) atoms. The zero-order chi connectivity index (χ0) is 16.4. The number of hydrogen-bond acceptors (Lipinski definition) is 3. The van der Waals surface area contributed by atoms with E-state index in [1.54, 1.807) is 0 Å². The minimum Gasteiger partial charge on any atom is -0.347 e. The number of rotatable bonds is 5. The Hall–Kier alpha value is -0.630. The van der Waals surface area contributed by atoms with Crippen molar-refractivity contribution in [2.45, 2.75) is 44.0 Å². The lowest BCUT2D eigenvalue weighted by Crippen LogP contribution is -2.45. The van der Waals surface area contributed by atoms with Crippen LogP contribution in [-0.2, 0) is 10.0 Å². The molecule has 0 aliphatic carbocycles. The van der Waals surface area contributed by atoms with E-state index < -0.39 is 10.0 Å². The Morgan fingerprint density at radius 1 is 1.38 bits per heavy atom. The van der Waals surface area contributed by atoms with Crippen LogP contribution in [0.2, 0.25) is 5.02 Å². The van der Waals surface area contributed by atoms with E-state index >= 15 is 0 Å². The van der Waals surface area contributed by atoms with Crippen LogP contribution < -0.4 is 10.5 Å². The van der Waals surface area contributed by atoms with Gasteiger partial charge in [0.05, 0.1) is 14.4 Å². The lowest BCUT2D eigenvalue weighted by Gasteiger charge is -2.28. The van der Waals surface area contributed by atoms with Crippen molar-refractivity contribution in [2.24, 2.45) is 5.14 Å². The molecule has 118 valence electrons. The summed E-state index contributed by atoms with van der Waals surface area (Å²) in [4.78, 5) is 12.1. The molecule has 0 unspecified atom stereocenters. The summed E-state index contributed by atoms with van der Waals surface area (Å²) >= 11 is 9.03. The molecule has 0 saturated carbocycles. The first-order valence-electron chi connectivity index (χ1n) is 6.38. The minimum absolute atomic E-state index is 0.112. The number of benzene rings is 1. The third kappa shape index (κ3) is 4.42. The minimum atomic E-state index is -3.98. The number of carbonyl (C=O) groups excluding carboxylic acids is 1. The van der Waals surface area contributed by atoms with Crippen molar-refractivity contribution in [3.63, 3.8) is 0 Å². The van der Waals surface area contributed by atoms with E-state index in [4.69, 9.17) is 16.7 Å². The summed E-state index contributed by atoms with van der Waals surface area (Å²) in [6.45, 7) is 5.86. The number of hydrogen-bond donors (Lipinski definition) is 2. The first-order chi connectivity index (χ1) is 9.54. The fourth-order valence-electron chi connectivity index (χ4n) is 1.68. The highest BCUT2D eigenvalue weighted by atomic mass is 79.9. The number of halogens is 2. The van der Waals surface area contributed by atoms with E-state index in [1.807, 2.05) is 20.8 Å². The zero-order valence-electron chi connectivity index (χ0n) is 12.0. The van der Waals surface area contributed by atoms with Gasteiger partial charge in [-0.1, -0.05) is 25.4 Å². The van der Waals surface area contributed by atoms with Crippen LogP contribution in [0.15, 0.2) is 21.5 Å². The second-order valence-electron chi connectivity index (χ2n) is 5.04. The molecule has 1 aromatic rings. The van der Waals surface area contributed by atoms with Crippen LogP contribution in [0.5, 0.6) is 0 Å². The summed E-state index contributed by atoms with van der Waals surface area (Å²) in [5.74, 6) is -0.388. The van der Waals surface area contributed by atoms with Gasteiger partial charge in [-0.25, -0.2) is 13.6 Å². The number of nitrogens with two attached hydrogens (primary N) is 1. The van der Waals surface area contributed by atoms with Crippen molar-refractivity contribution in [3.05, 3.63) is 27.2 Å². The molecule has 0 spiro atoms. The van der Waals surface area contributed by atoms with Crippen LogP contribution in [0.4, 0.5) is 0 Å². The third-order valence-electron chi connectivity index (χ3n) is 3.54. The molecule has 0 radical (unpaired) electrons. The average molecular weight is 398 g/mol. The van der Waals surface area contributed by atoms with E-state index in [0.29, 0.717) is 0 Å². The zero-order valence-corrected chi connectivity index (χ0v) is 15.2. The lowest BCUT2D eigenvalue weighted by atomic mass is 9.95. The van der Waals surface area contributed by atoms with Gasteiger partial charge in [-0.05, 0) is 47.8 Å².